The smallest absolute Gasteiger partial charge is 0.144 e. The number of morpholine rings is 1. The minimum absolute atomic E-state index is 0.0959. The normalized spacial score (nSPS) is 23.8. The molecule has 2 aliphatic rings. The summed E-state index contributed by atoms with van der Waals surface area (Å²) in [5.41, 5.74) is 6.83. The Morgan fingerprint density at radius 3 is 2.85 bits per heavy atom. The topological polar surface area (TPSA) is 88.8 Å². The fraction of sp³-hybridized carbons (Fsp3) is 0.667. The van der Waals surface area contributed by atoms with Crippen molar-refractivity contribution in [2.45, 2.75) is 39.0 Å². The lowest BCUT2D eigenvalue weighted by Gasteiger charge is -2.33. The zero-order valence-electron chi connectivity index (χ0n) is 15.8. The molecule has 0 spiro atoms. The molecular weight excluding hydrogens is 332 g/mol. The molecule has 26 heavy (non-hydrogen) atoms. The molecule has 0 amide bonds. The lowest BCUT2D eigenvalue weighted by molar-refractivity contribution is 0.0384. The fourth-order valence-electron chi connectivity index (χ4n) is 3.37. The van der Waals surface area contributed by atoms with E-state index in [9.17, 15) is 0 Å². The number of hydrogen-bond acceptors (Lipinski definition) is 8. The number of nitrogen functional groups attached to an aromatic ring is 1. The van der Waals surface area contributed by atoms with E-state index >= 15 is 0 Å². The van der Waals surface area contributed by atoms with Crippen molar-refractivity contribution in [3.8, 4) is 0 Å². The molecule has 2 unspecified atom stereocenters. The van der Waals surface area contributed by atoms with Gasteiger partial charge in [-0.15, -0.1) is 0 Å². The van der Waals surface area contributed by atoms with Crippen LogP contribution in [0.25, 0.3) is 0 Å². The van der Waals surface area contributed by atoms with Crippen molar-refractivity contribution < 1.29 is 9.47 Å². The van der Waals surface area contributed by atoms with Crippen LogP contribution in [0.4, 0.5) is 11.6 Å². The molecule has 8 nitrogen and oxygen atoms in total. The van der Waals surface area contributed by atoms with Crippen LogP contribution < -0.4 is 16.0 Å². The van der Waals surface area contributed by atoms with Gasteiger partial charge in [0, 0.05) is 31.7 Å². The maximum absolute atomic E-state index is 6.09. The van der Waals surface area contributed by atoms with Crippen LogP contribution in [0.15, 0.2) is 18.7 Å². The Kier molecular flexibility index (Phi) is 6.29. The summed E-state index contributed by atoms with van der Waals surface area (Å²) in [5, 5.41) is 3.43. The molecule has 2 aliphatic heterocycles. The summed E-state index contributed by atoms with van der Waals surface area (Å²) in [6.45, 7) is 13.6. The van der Waals surface area contributed by atoms with Gasteiger partial charge < -0.3 is 20.5 Å². The Labute approximate surface area is 155 Å². The van der Waals surface area contributed by atoms with Gasteiger partial charge in [-0.3, -0.25) is 9.80 Å². The van der Waals surface area contributed by atoms with Crippen LogP contribution in [0.5, 0.6) is 0 Å². The number of nitrogens with zero attached hydrogens (tertiary/aromatic N) is 4. The van der Waals surface area contributed by atoms with Gasteiger partial charge >= 0.3 is 0 Å². The fourth-order valence-corrected chi connectivity index (χ4v) is 3.37. The van der Waals surface area contributed by atoms with Crippen molar-refractivity contribution in [3.05, 3.63) is 24.3 Å². The van der Waals surface area contributed by atoms with Crippen molar-refractivity contribution >= 4 is 11.6 Å². The molecule has 8 heteroatoms. The Balaban J connectivity index is 1.68. The number of hydrogen-bond donors (Lipinski definition) is 2. The third-order valence-corrected chi connectivity index (χ3v) is 4.97. The van der Waals surface area contributed by atoms with E-state index in [-0.39, 0.29) is 12.3 Å². The van der Waals surface area contributed by atoms with E-state index in [1.807, 2.05) is 11.8 Å². The van der Waals surface area contributed by atoms with Gasteiger partial charge in [-0.05, 0) is 26.7 Å². The number of ether oxygens (including phenoxy) is 2. The van der Waals surface area contributed by atoms with Crippen LogP contribution in [-0.4, -0.2) is 66.6 Å². The third-order valence-electron chi connectivity index (χ3n) is 4.97. The maximum Gasteiger partial charge on any atom is 0.144 e. The van der Waals surface area contributed by atoms with E-state index in [1.54, 1.807) is 0 Å². The first kappa shape index (κ1) is 18.9. The van der Waals surface area contributed by atoms with E-state index in [4.69, 9.17) is 15.2 Å². The second kappa shape index (κ2) is 8.66. The minimum Gasteiger partial charge on any atom is -0.383 e. The number of anilines is 2. The molecule has 0 bridgehead atoms. The van der Waals surface area contributed by atoms with Gasteiger partial charge in [0.15, 0.2) is 0 Å². The summed E-state index contributed by atoms with van der Waals surface area (Å²) in [6, 6.07) is 0. The molecule has 0 aliphatic carbocycles. The standard InChI is InChI=1S/C18H30N6O2/c1-13-4-5-16(26-13)24(18-14(2)17(19)21-12-22-18)15(3)20-6-7-23-8-10-25-11-9-23/h12-13,16,20H,3-11H2,1-2H3,(H2,19,21,22). The average Bonchev–Trinajstić information content (AvgIpc) is 3.06. The number of rotatable bonds is 7. The SMILES string of the molecule is C=C(NCCN1CCOCC1)N(c1ncnc(N)c1C)C1CCC(C)O1. The predicted octanol–water partition coefficient (Wildman–Crippen LogP) is 1.09. The van der Waals surface area contributed by atoms with Gasteiger partial charge in [-0.2, -0.15) is 0 Å². The molecule has 3 heterocycles. The first-order valence-corrected chi connectivity index (χ1v) is 9.31. The van der Waals surface area contributed by atoms with E-state index < -0.39 is 0 Å². The second-order valence-electron chi connectivity index (χ2n) is 6.88. The van der Waals surface area contributed by atoms with Crippen molar-refractivity contribution in [1.82, 2.24) is 20.2 Å². The van der Waals surface area contributed by atoms with E-state index in [2.05, 4.69) is 33.7 Å². The van der Waals surface area contributed by atoms with Crippen LogP contribution >= 0.6 is 0 Å². The number of nitrogens with two attached hydrogens (primary N) is 1. The summed E-state index contributed by atoms with van der Waals surface area (Å²) in [5.74, 6) is 2.01. The van der Waals surface area contributed by atoms with Gasteiger partial charge in [-0.1, -0.05) is 6.58 Å². The summed E-state index contributed by atoms with van der Waals surface area (Å²) in [6.07, 6.45) is 3.56. The average molecular weight is 362 g/mol. The molecule has 0 aromatic carbocycles. The van der Waals surface area contributed by atoms with Crippen molar-refractivity contribution in [1.29, 1.82) is 0 Å². The molecule has 2 atom stereocenters. The second-order valence-corrected chi connectivity index (χ2v) is 6.88. The molecule has 0 saturated carbocycles. The van der Waals surface area contributed by atoms with Gasteiger partial charge in [-0.25, -0.2) is 9.97 Å². The van der Waals surface area contributed by atoms with Crippen LogP contribution in [0.1, 0.15) is 25.3 Å². The van der Waals surface area contributed by atoms with Crippen LogP contribution in [0.2, 0.25) is 0 Å². The highest BCUT2D eigenvalue weighted by molar-refractivity contribution is 5.58. The maximum atomic E-state index is 6.09. The first-order valence-electron chi connectivity index (χ1n) is 9.31. The molecule has 144 valence electrons. The van der Waals surface area contributed by atoms with Crippen LogP contribution in [0.3, 0.4) is 0 Å². The molecule has 1 aromatic rings. The quantitative estimate of drug-likeness (QED) is 0.745. The third kappa shape index (κ3) is 4.44. The Hall–Kier alpha value is -1.90. The van der Waals surface area contributed by atoms with E-state index in [1.165, 1.54) is 6.33 Å². The van der Waals surface area contributed by atoms with Crippen LogP contribution in [-0.2, 0) is 9.47 Å². The van der Waals surface area contributed by atoms with Crippen LogP contribution in [0, 0.1) is 6.92 Å². The highest BCUT2D eigenvalue weighted by Crippen LogP contribution is 2.31. The van der Waals surface area contributed by atoms with Crippen molar-refractivity contribution in [2.75, 3.05) is 50.0 Å². The van der Waals surface area contributed by atoms with Gasteiger partial charge in [0.2, 0.25) is 0 Å². The molecule has 0 radical (unpaired) electrons. The Bertz CT molecular complexity index is 620. The molecular formula is C18H30N6O2. The summed E-state index contributed by atoms with van der Waals surface area (Å²) in [7, 11) is 0. The molecule has 2 fully saturated rings. The number of aromatic nitrogens is 2. The Morgan fingerprint density at radius 2 is 2.15 bits per heavy atom. The largest absolute Gasteiger partial charge is 0.383 e. The monoisotopic (exact) mass is 362 g/mol. The predicted molar refractivity (Wildman–Crippen MR) is 102 cm³/mol. The zero-order valence-corrected chi connectivity index (χ0v) is 15.8. The lowest BCUT2D eigenvalue weighted by atomic mass is 10.2. The Morgan fingerprint density at radius 1 is 1.38 bits per heavy atom. The molecule has 3 rings (SSSR count). The van der Waals surface area contributed by atoms with Gasteiger partial charge in [0.1, 0.15) is 30.0 Å². The van der Waals surface area contributed by atoms with E-state index in [0.29, 0.717) is 5.82 Å². The summed E-state index contributed by atoms with van der Waals surface area (Å²) < 4.78 is 11.5. The summed E-state index contributed by atoms with van der Waals surface area (Å²) in [4.78, 5) is 12.9. The lowest BCUT2D eigenvalue weighted by Crippen LogP contribution is -2.44. The molecule has 2 saturated heterocycles. The zero-order chi connectivity index (χ0) is 18.5. The van der Waals surface area contributed by atoms with Crippen molar-refractivity contribution in [3.63, 3.8) is 0 Å². The van der Waals surface area contributed by atoms with Gasteiger partial charge in [0.05, 0.1) is 19.3 Å². The van der Waals surface area contributed by atoms with Crippen molar-refractivity contribution in [2.24, 2.45) is 0 Å². The first-order chi connectivity index (χ1) is 12.6. The highest BCUT2D eigenvalue weighted by atomic mass is 16.5. The number of nitrogens with one attached hydrogen (secondary N) is 1. The molecule has 3 N–H and O–H groups in total. The highest BCUT2D eigenvalue weighted by Gasteiger charge is 2.31. The minimum atomic E-state index is -0.0959. The molecule has 1 aromatic heterocycles. The van der Waals surface area contributed by atoms with Gasteiger partial charge in [0.25, 0.3) is 0 Å². The summed E-state index contributed by atoms with van der Waals surface area (Å²) >= 11 is 0. The van der Waals surface area contributed by atoms with E-state index in [0.717, 1.165) is 69.4 Å².